The van der Waals surface area contributed by atoms with E-state index in [1.165, 1.54) is 0 Å². The average Bonchev–Trinajstić information content (AvgIpc) is 3.52. The van der Waals surface area contributed by atoms with Gasteiger partial charge in [0.1, 0.15) is 17.2 Å². The fourth-order valence-electron chi connectivity index (χ4n) is 7.17. The second-order valence-corrected chi connectivity index (χ2v) is 11.6. The van der Waals surface area contributed by atoms with Crippen LogP contribution in [0.2, 0.25) is 0 Å². The number of rotatable bonds is 7. The van der Waals surface area contributed by atoms with Crippen LogP contribution in [0.1, 0.15) is 62.4 Å². The number of nitrogens with zero attached hydrogens (tertiary/aromatic N) is 1. The zero-order valence-corrected chi connectivity index (χ0v) is 24.1. The van der Waals surface area contributed by atoms with E-state index in [2.05, 4.69) is 5.32 Å². The number of aryl methyl sites for hydroxylation is 1. The zero-order chi connectivity index (χ0) is 29.7. The SMILES string of the molecule is CCCOc1ccc(C(=O)[C@H]2[C@@H](C(=O)c3ccc(C)cc3)N3C=Cc4ccccc4[C@@H]3[C@]23C(=O)Nc2ccccc23)cc1. The third-order valence-electron chi connectivity index (χ3n) is 9.07. The Hall–Kier alpha value is -4.97. The Kier molecular flexibility index (Phi) is 6.50. The van der Waals surface area contributed by atoms with Crippen molar-refractivity contribution in [3.63, 3.8) is 0 Å². The topological polar surface area (TPSA) is 75.7 Å². The zero-order valence-electron chi connectivity index (χ0n) is 24.1. The van der Waals surface area contributed by atoms with Crippen molar-refractivity contribution in [2.45, 2.75) is 37.8 Å². The van der Waals surface area contributed by atoms with Crippen molar-refractivity contribution in [2.24, 2.45) is 5.92 Å². The van der Waals surface area contributed by atoms with Crippen LogP contribution in [0, 0.1) is 12.8 Å². The van der Waals surface area contributed by atoms with Crippen molar-refractivity contribution in [2.75, 3.05) is 11.9 Å². The highest BCUT2D eigenvalue weighted by Gasteiger charge is 2.70. The first kappa shape index (κ1) is 26.9. The Morgan fingerprint density at radius 1 is 0.860 bits per heavy atom. The Labute approximate surface area is 251 Å². The number of anilines is 1. The first-order chi connectivity index (χ1) is 20.9. The Bertz CT molecular complexity index is 1780. The van der Waals surface area contributed by atoms with E-state index in [4.69, 9.17) is 4.74 Å². The van der Waals surface area contributed by atoms with Gasteiger partial charge in [-0.15, -0.1) is 0 Å². The number of ether oxygens (including phenoxy) is 1. The molecule has 4 aromatic rings. The molecule has 1 spiro atoms. The highest BCUT2D eigenvalue weighted by atomic mass is 16.5. The van der Waals surface area contributed by atoms with Gasteiger partial charge >= 0.3 is 0 Å². The summed E-state index contributed by atoms with van der Waals surface area (Å²) < 4.78 is 5.77. The van der Waals surface area contributed by atoms with E-state index in [1.54, 1.807) is 24.3 Å². The van der Waals surface area contributed by atoms with Gasteiger partial charge in [-0.1, -0.05) is 79.2 Å². The van der Waals surface area contributed by atoms with Crippen molar-refractivity contribution in [1.29, 1.82) is 0 Å². The summed E-state index contributed by atoms with van der Waals surface area (Å²) in [6.07, 6.45) is 4.74. The maximum absolute atomic E-state index is 14.9. The van der Waals surface area contributed by atoms with Gasteiger partial charge in [0.25, 0.3) is 0 Å². The van der Waals surface area contributed by atoms with Gasteiger partial charge in [0.05, 0.1) is 18.6 Å². The standard InChI is InChI=1S/C37H32N2O4/c1-3-22-43-27-18-16-25(17-19-27)33(40)31-32(34(41)26-14-12-23(2)13-15-26)39-21-20-24-8-4-5-9-28(24)35(39)37(31)29-10-6-7-11-30(29)38-36(37)42/h4-21,31-32,35H,3,22H2,1-2H3,(H,38,42)/t31-,32+,35-,37-/m1/s1. The van der Waals surface area contributed by atoms with Crippen molar-refractivity contribution in [1.82, 2.24) is 4.90 Å². The molecule has 1 fully saturated rings. The van der Waals surface area contributed by atoms with Crippen LogP contribution in [0.15, 0.2) is 103 Å². The van der Waals surface area contributed by atoms with Crippen LogP contribution in [0.3, 0.4) is 0 Å². The molecular formula is C37H32N2O4. The van der Waals surface area contributed by atoms with Crippen LogP contribution < -0.4 is 10.1 Å². The lowest BCUT2D eigenvalue weighted by molar-refractivity contribution is -0.122. The van der Waals surface area contributed by atoms with Gasteiger partial charge in [0, 0.05) is 23.0 Å². The molecule has 0 radical (unpaired) electrons. The fourth-order valence-corrected chi connectivity index (χ4v) is 7.17. The number of hydrogen-bond acceptors (Lipinski definition) is 5. The Balaban J connectivity index is 1.47. The summed E-state index contributed by atoms with van der Waals surface area (Å²) in [6, 6.07) is 28.5. The van der Waals surface area contributed by atoms with Gasteiger partial charge < -0.3 is 15.0 Å². The fraction of sp³-hybridized carbons (Fsp3) is 0.216. The number of carbonyl (C=O) groups excluding carboxylic acids is 3. The quantitative estimate of drug-likeness (QED) is 0.249. The second kappa shape index (κ2) is 10.4. The molecule has 7 rings (SSSR count). The van der Waals surface area contributed by atoms with Crippen LogP contribution in [0.4, 0.5) is 5.69 Å². The molecule has 1 saturated heterocycles. The highest BCUT2D eigenvalue weighted by Crippen LogP contribution is 2.62. The number of amides is 1. The molecule has 4 atom stereocenters. The molecule has 0 unspecified atom stereocenters. The second-order valence-electron chi connectivity index (χ2n) is 11.6. The number of fused-ring (bicyclic) bond motifs is 6. The number of benzene rings is 4. The maximum Gasteiger partial charge on any atom is 0.238 e. The first-order valence-electron chi connectivity index (χ1n) is 14.8. The van der Waals surface area contributed by atoms with Crippen molar-refractivity contribution >= 4 is 29.2 Å². The molecule has 0 aliphatic carbocycles. The summed E-state index contributed by atoms with van der Waals surface area (Å²) >= 11 is 0. The largest absolute Gasteiger partial charge is 0.494 e. The van der Waals surface area contributed by atoms with Crippen LogP contribution in [-0.4, -0.2) is 35.0 Å². The van der Waals surface area contributed by atoms with E-state index < -0.39 is 23.4 Å². The van der Waals surface area contributed by atoms with E-state index in [0.29, 0.717) is 29.2 Å². The van der Waals surface area contributed by atoms with Crippen LogP contribution >= 0.6 is 0 Å². The summed E-state index contributed by atoms with van der Waals surface area (Å²) in [5.74, 6) is -1.04. The molecular weight excluding hydrogens is 536 g/mol. The molecule has 6 nitrogen and oxygen atoms in total. The molecule has 3 heterocycles. The van der Waals surface area contributed by atoms with E-state index in [0.717, 1.165) is 28.7 Å². The number of ketones is 2. The predicted molar refractivity (Wildman–Crippen MR) is 166 cm³/mol. The molecule has 1 N–H and O–H groups in total. The monoisotopic (exact) mass is 568 g/mol. The van der Waals surface area contributed by atoms with Crippen LogP contribution in [0.5, 0.6) is 5.75 Å². The molecule has 0 saturated carbocycles. The summed E-state index contributed by atoms with van der Waals surface area (Å²) in [4.78, 5) is 46.1. The smallest absolute Gasteiger partial charge is 0.238 e. The van der Waals surface area contributed by atoms with E-state index >= 15 is 0 Å². The van der Waals surface area contributed by atoms with Crippen LogP contribution in [-0.2, 0) is 10.2 Å². The Morgan fingerprint density at radius 3 is 2.30 bits per heavy atom. The van der Waals surface area contributed by atoms with Gasteiger partial charge in [-0.3, -0.25) is 14.4 Å². The van der Waals surface area contributed by atoms with Gasteiger partial charge in [-0.25, -0.2) is 0 Å². The van der Waals surface area contributed by atoms with Gasteiger partial charge in [-0.2, -0.15) is 0 Å². The molecule has 43 heavy (non-hydrogen) atoms. The predicted octanol–water partition coefficient (Wildman–Crippen LogP) is 6.77. The average molecular weight is 569 g/mol. The number of nitrogens with one attached hydrogen (secondary N) is 1. The van der Waals surface area contributed by atoms with E-state index in [1.807, 2.05) is 104 Å². The molecule has 1 amide bonds. The van der Waals surface area contributed by atoms with E-state index in [-0.39, 0.29) is 17.5 Å². The molecule has 214 valence electrons. The third kappa shape index (κ3) is 4.04. The molecule has 3 aliphatic heterocycles. The normalized spacial score (nSPS) is 23.0. The van der Waals surface area contributed by atoms with Crippen molar-refractivity contribution in [3.8, 4) is 5.75 Å². The summed E-state index contributed by atoms with van der Waals surface area (Å²) in [5.41, 5.74) is 3.91. The number of Topliss-reactive ketones (excluding diaryl/α,β-unsaturated/α-hetero) is 2. The van der Waals surface area contributed by atoms with Crippen LogP contribution in [0.25, 0.3) is 6.08 Å². The first-order valence-corrected chi connectivity index (χ1v) is 14.8. The minimum absolute atomic E-state index is 0.190. The molecule has 4 aromatic carbocycles. The highest BCUT2D eigenvalue weighted by molar-refractivity contribution is 6.16. The summed E-state index contributed by atoms with van der Waals surface area (Å²) in [7, 11) is 0. The number of para-hydroxylation sites is 1. The third-order valence-corrected chi connectivity index (χ3v) is 9.07. The van der Waals surface area contributed by atoms with Gasteiger partial charge in [-0.05, 0) is 66.4 Å². The molecule has 6 heteroatoms. The lowest BCUT2D eigenvalue weighted by Crippen LogP contribution is -2.49. The molecule has 0 bridgehead atoms. The minimum atomic E-state index is -1.35. The van der Waals surface area contributed by atoms with Gasteiger partial charge in [0.15, 0.2) is 11.6 Å². The van der Waals surface area contributed by atoms with Crippen molar-refractivity contribution in [3.05, 3.63) is 137 Å². The lowest BCUT2D eigenvalue weighted by atomic mass is 9.62. The summed E-state index contributed by atoms with van der Waals surface area (Å²) in [6.45, 7) is 4.58. The van der Waals surface area contributed by atoms with Crippen molar-refractivity contribution < 1.29 is 19.1 Å². The molecule has 3 aliphatic rings. The van der Waals surface area contributed by atoms with Gasteiger partial charge in [0.2, 0.25) is 5.91 Å². The summed E-state index contributed by atoms with van der Waals surface area (Å²) in [5, 5.41) is 3.10. The number of carbonyl (C=O) groups is 3. The lowest BCUT2D eigenvalue weighted by Gasteiger charge is -2.38. The minimum Gasteiger partial charge on any atom is -0.494 e. The Morgan fingerprint density at radius 2 is 1.53 bits per heavy atom. The molecule has 0 aromatic heterocycles. The maximum atomic E-state index is 14.9. The number of hydrogen-bond donors (Lipinski definition) is 1. The van der Waals surface area contributed by atoms with E-state index in [9.17, 15) is 14.4 Å².